The van der Waals surface area contributed by atoms with E-state index in [2.05, 4.69) is 15.6 Å². The summed E-state index contributed by atoms with van der Waals surface area (Å²) in [5.41, 5.74) is -0.183. The van der Waals surface area contributed by atoms with Crippen LogP contribution >= 0.6 is 0 Å². The van der Waals surface area contributed by atoms with E-state index in [4.69, 9.17) is 14.7 Å². The third-order valence-electron chi connectivity index (χ3n) is 2.71. The fraction of sp³-hybridized carbons (Fsp3) is 0.474. The van der Waals surface area contributed by atoms with Gasteiger partial charge in [0.2, 0.25) is 5.96 Å². The minimum atomic E-state index is -0.761. The van der Waals surface area contributed by atoms with Crippen molar-refractivity contribution in [2.45, 2.75) is 59.3 Å². The Morgan fingerprint density at radius 3 is 2.00 bits per heavy atom. The van der Waals surface area contributed by atoms with Gasteiger partial charge in [-0.2, -0.15) is 5.26 Å². The number of nitrogens with one attached hydrogen (secondary N) is 2. The highest BCUT2D eigenvalue weighted by molar-refractivity contribution is 6.01. The number of alkyl carbamates (subject to hydrolysis) is 2. The number of carbonyl (C=O) groups is 2. The van der Waals surface area contributed by atoms with Gasteiger partial charge in [0.1, 0.15) is 11.2 Å². The summed E-state index contributed by atoms with van der Waals surface area (Å²) in [7, 11) is 0. The first-order chi connectivity index (χ1) is 12.4. The summed E-state index contributed by atoms with van der Waals surface area (Å²) in [5.74, 6) is -0.110. The van der Waals surface area contributed by atoms with Crippen molar-refractivity contribution in [1.29, 1.82) is 5.26 Å². The first-order valence-corrected chi connectivity index (χ1v) is 8.41. The number of benzene rings is 1. The standard InChI is InChI=1S/C19H26N4O4/c1-18(2,3)26-16(24)22-15(23-17(25)27-19(4,5)6)21-12-14-9-7-8-13(10-14)11-20/h7-10H,12H2,1-6H3,(H2,21,22,23,24,25). The number of nitriles is 1. The highest BCUT2D eigenvalue weighted by Crippen LogP contribution is 2.09. The molecular weight excluding hydrogens is 348 g/mol. The van der Waals surface area contributed by atoms with E-state index in [0.29, 0.717) is 5.56 Å². The average Bonchev–Trinajstić information content (AvgIpc) is 2.49. The maximum atomic E-state index is 12.0. The molecule has 8 nitrogen and oxygen atoms in total. The number of aliphatic imine (C=N–C) groups is 1. The van der Waals surface area contributed by atoms with Gasteiger partial charge in [-0.15, -0.1) is 0 Å². The molecule has 1 aromatic carbocycles. The molecule has 0 atom stereocenters. The molecule has 0 bridgehead atoms. The van der Waals surface area contributed by atoms with E-state index in [0.717, 1.165) is 5.56 Å². The largest absolute Gasteiger partial charge is 0.444 e. The van der Waals surface area contributed by atoms with Crippen LogP contribution in [0.1, 0.15) is 52.7 Å². The fourth-order valence-electron chi connectivity index (χ4n) is 1.82. The number of hydrogen-bond acceptors (Lipinski definition) is 6. The maximum Gasteiger partial charge on any atom is 0.414 e. The van der Waals surface area contributed by atoms with E-state index < -0.39 is 23.4 Å². The predicted octanol–water partition coefficient (Wildman–Crippen LogP) is 3.46. The molecule has 1 aromatic rings. The molecule has 0 radical (unpaired) electrons. The van der Waals surface area contributed by atoms with Crippen molar-refractivity contribution in [2.75, 3.05) is 0 Å². The van der Waals surface area contributed by atoms with Crippen LogP contribution in [0, 0.1) is 11.3 Å². The Kier molecular flexibility index (Phi) is 7.35. The van der Waals surface area contributed by atoms with E-state index in [-0.39, 0.29) is 12.5 Å². The van der Waals surface area contributed by atoms with Gasteiger partial charge in [-0.1, -0.05) is 12.1 Å². The normalized spacial score (nSPS) is 11.0. The molecule has 8 heteroatoms. The first-order valence-electron chi connectivity index (χ1n) is 8.41. The number of nitrogens with zero attached hydrogens (tertiary/aromatic N) is 2. The summed E-state index contributed by atoms with van der Waals surface area (Å²) in [4.78, 5) is 28.2. The molecule has 0 aliphatic carbocycles. The molecule has 0 fully saturated rings. The summed E-state index contributed by atoms with van der Waals surface area (Å²) in [6.07, 6.45) is -1.52. The van der Waals surface area contributed by atoms with E-state index in [1.54, 1.807) is 65.8 Å². The van der Waals surface area contributed by atoms with Crippen LogP contribution < -0.4 is 10.6 Å². The zero-order chi connectivity index (χ0) is 20.7. The first kappa shape index (κ1) is 22.0. The SMILES string of the molecule is CC(C)(C)OC(=O)NC(=NCc1cccc(C#N)c1)NC(=O)OC(C)(C)C. The third-order valence-corrected chi connectivity index (χ3v) is 2.71. The Balaban J connectivity index is 2.92. The lowest BCUT2D eigenvalue weighted by Crippen LogP contribution is -2.47. The van der Waals surface area contributed by atoms with E-state index in [1.807, 2.05) is 6.07 Å². The monoisotopic (exact) mass is 374 g/mol. The van der Waals surface area contributed by atoms with Gasteiger partial charge in [-0.3, -0.25) is 10.6 Å². The van der Waals surface area contributed by atoms with E-state index >= 15 is 0 Å². The number of hydrogen-bond donors (Lipinski definition) is 2. The van der Waals surface area contributed by atoms with E-state index in [1.165, 1.54) is 0 Å². The molecule has 2 N–H and O–H groups in total. The molecule has 2 amide bonds. The van der Waals surface area contributed by atoms with Gasteiger partial charge in [0.05, 0.1) is 18.2 Å². The van der Waals surface area contributed by atoms with Crippen molar-refractivity contribution in [3.63, 3.8) is 0 Å². The lowest BCUT2D eigenvalue weighted by Gasteiger charge is -2.22. The predicted molar refractivity (Wildman–Crippen MR) is 101 cm³/mol. The third kappa shape index (κ3) is 9.84. The minimum Gasteiger partial charge on any atom is -0.444 e. The van der Waals surface area contributed by atoms with Crippen LogP contribution in [0.3, 0.4) is 0 Å². The molecular formula is C19H26N4O4. The summed E-state index contributed by atoms with van der Waals surface area (Å²) in [6.45, 7) is 10.5. The van der Waals surface area contributed by atoms with Crippen molar-refractivity contribution in [1.82, 2.24) is 10.6 Å². The van der Waals surface area contributed by atoms with Gasteiger partial charge >= 0.3 is 12.2 Å². The maximum absolute atomic E-state index is 12.0. The molecule has 0 spiro atoms. The van der Waals surface area contributed by atoms with Crippen molar-refractivity contribution >= 4 is 18.1 Å². The summed E-state index contributed by atoms with van der Waals surface area (Å²) >= 11 is 0. The van der Waals surface area contributed by atoms with E-state index in [9.17, 15) is 9.59 Å². The van der Waals surface area contributed by atoms with Crippen molar-refractivity contribution < 1.29 is 19.1 Å². The summed E-state index contributed by atoms with van der Waals surface area (Å²) in [5, 5.41) is 13.8. The molecule has 0 heterocycles. The lowest BCUT2D eigenvalue weighted by atomic mass is 10.1. The minimum absolute atomic E-state index is 0.110. The molecule has 27 heavy (non-hydrogen) atoms. The Hall–Kier alpha value is -3.08. The molecule has 0 saturated carbocycles. The molecule has 0 aromatic heterocycles. The number of carbonyl (C=O) groups excluding carboxylic acids is 2. The molecule has 1 rings (SSSR count). The second kappa shape index (κ2) is 9.03. The van der Waals surface area contributed by atoms with Gasteiger partial charge in [0.15, 0.2) is 0 Å². The Morgan fingerprint density at radius 1 is 1.04 bits per heavy atom. The van der Waals surface area contributed by atoms with Gasteiger partial charge in [0, 0.05) is 0 Å². The Bertz CT molecular complexity index is 720. The molecule has 0 saturated heterocycles. The molecule has 0 unspecified atom stereocenters. The highest BCUT2D eigenvalue weighted by Gasteiger charge is 2.21. The zero-order valence-corrected chi connectivity index (χ0v) is 16.5. The van der Waals surface area contributed by atoms with Gasteiger partial charge in [0.25, 0.3) is 0 Å². The summed E-state index contributed by atoms with van der Waals surface area (Å²) < 4.78 is 10.3. The second-order valence-electron chi connectivity index (χ2n) is 7.73. The number of amides is 2. The number of rotatable bonds is 2. The van der Waals surface area contributed by atoms with Crippen LogP contribution in [-0.4, -0.2) is 29.3 Å². The van der Waals surface area contributed by atoms with Crippen molar-refractivity contribution in [3.05, 3.63) is 35.4 Å². The fourth-order valence-corrected chi connectivity index (χ4v) is 1.82. The smallest absolute Gasteiger partial charge is 0.414 e. The van der Waals surface area contributed by atoms with Crippen LogP contribution in [0.2, 0.25) is 0 Å². The summed E-state index contributed by atoms with van der Waals surface area (Å²) in [6, 6.07) is 8.89. The average molecular weight is 374 g/mol. The topological polar surface area (TPSA) is 113 Å². The van der Waals surface area contributed by atoms with Crippen LogP contribution in [0.25, 0.3) is 0 Å². The van der Waals surface area contributed by atoms with Crippen LogP contribution in [0.5, 0.6) is 0 Å². The van der Waals surface area contributed by atoms with Gasteiger partial charge in [-0.25, -0.2) is 14.6 Å². The molecule has 146 valence electrons. The zero-order valence-electron chi connectivity index (χ0n) is 16.5. The van der Waals surface area contributed by atoms with Crippen LogP contribution in [-0.2, 0) is 16.0 Å². The van der Waals surface area contributed by atoms with Gasteiger partial charge in [-0.05, 0) is 59.2 Å². The lowest BCUT2D eigenvalue weighted by molar-refractivity contribution is 0.0545. The number of guanidine groups is 1. The molecule has 0 aliphatic rings. The second-order valence-corrected chi connectivity index (χ2v) is 7.73. The van der Waals surface area contributed by atoms with Crippen molar-refractivity contribution in [2.24, 2.45) is 4.99 Å². The van der Waals surface area contributed by atoms with Crippen molar-refractivity contribution in [3.8, 4) is 6.07 Å². The number of ether oxygens (including phenoxy) is 2. The highest BCUT2D eigenvalue weighted by atomic mass is 16.6. The quantitative estimate of drug-likeness (QED) is 0.608. The van der Waals surface area contributed by atoms with Crippen LogP contribution in [0.15, 0.2) is 29.3 Å². The Morgan fingerprint density at radius 2 is 1.56 bits per heavy atom. The van der Waals surface area contributed by atoms with Crippen LogP contribution in [0.4, 0.5) is 9.59 Å². The van der Waals surface area contributed by atoms with Gasteiger partial charge < -0.3 is 9.47 Å². The molecule has 0 aliphatic heterocycles. The Labute approximate surface area is 159 Å².